The fraction of sp³-hybridized carbons (Fsp3) is 0.0769. The van der Waals surface area contributed by atoms with Crippen molar-refractivity contribution in [2.75, 3.05) is 0 Å². The molecule has 0 aliphatic heterocycles. The van der Waals surface area contributed by atoms with Crippen molar-refractivity contribution in [2.45, 2.75) is 6.61 Å². The van der Waals surface area contributed by atoms with Gasteiger partial charge >= 0.3 is 5.97 Å². The summed E-state index contributed by atoms with van der Waals surface area (Å²) in [4.78, 5) is 18.4. The number of carboxylic acids is 1. The summed E-state index contributed by atoms with van der Waals surface area (Å²) in [7, 11) is 0. The molecular weight excluding hydrogens is 246 g/mol. The van der Waals surface area contributed by atoms with Crippen molar-refractivity contribution in [1.82, 2.24) is 9.97 Å². The molecule has 2 heterocycles. The van der Waals surface area contributed by atoms with E-state index in [-0.39, 0.29) is 12.2 Å². The summed E-state index contributed by atoms with van der Waals surface area (Å²) in [6.07, 6.45) is 4.19. The van der Waals surface area contributed by atoms with E-state index in [9.17, 15) is 4.79 Å². The molecule has 0 bridgehead atoms. The molecule has 19 heavy (non-hydrogen) atoms. The van der Waals surface area contributed by atoms with Crippen molar-refractivity contribution in [3.63, 3.8) is 0 Å². The average Bonchev–Trinajstić information content (AvgIpc) is 2.45. The summed E-state index contributed by atoms with van der Waals surface area (Å²) in [5.41, 5.74) is 1.13. The average molecular weight is 255 g/mol. The van der Waals surface area contributed by atoms with Crippen LogP contribution >= 0.6 is 0 Å². The number of nitrogens with zero attached hydrogens (tertiary/aromatic N) is 3. The first-order valence-corrected chi connectivity index (χ1v) is 5.35. The number of rotatable bonds is 4. The second-order valence-electron chi connectivity index (χ2n) is 3.66. The third kappa shape index (κ3) is 3.26. The van der Waals surface area contributed by atoms with Gasteiger partial charge in [-0.3, -0.25) is 4.98 Å². The van der Waals surface area contributed by atoms with Crippen molar-refractivity contribution < 1.29 is 14.6 Å². The van der Waals surface area contributed by atoms with Crippen LogP contribution in [0, 0.1) is 11.3 Å². The van der Waals surface area contributed by atoms with Crippen LogP contribution in [-0.4, -0.2) is 21.0 Å². The highest BCUT2D eigenvalue weighted by Crippen LogP contribution is 2.13. The zero-order valence-corrected chi connectivity index (χ0v) is 9.78. The smallest absolute Gasteiger partial charge is 0.337 e. The van der Waals surface area contributed by atoms with Crippen LogP contribution in [0.5, 0.6) is 5.75 Å². The van der Waals surface area contributed by atoms with Crippen LogP contribution in [0.25, 0.3) is 0 Å². The van der Waals surface area contributed by atoms with E-state index in [4.69, 9.17) is 15.1 Å². The van der Waals surface area contributed by atoms with Gasteiger partial charge in [0.05, 0.1) is 11.8 Å². The molecule has 0 unspecified atom stereocenters. The molecule has 0 aromatic carbocycles. The number of aromatic carboxylic acids is 1. The molecule has 0 fully saturated rings. The lowest BCUT2D eigenvalue weighted by atomic mass is 10.2. The normalized spacial score (nSPS) is 9.63. The van der Waals surface area contributed by atoms with E-state index in [1.165, 1.54) is 24.7 Å². The number of aromatic nitrogens is 2. The standard InChI is InChI=1S/C13H9N3O3/c14-5-11-3-9(1-2-16-11)8-19-12-4-10(13(17)18)6-15-7-12/h1-4,6-7H,8H2,(H,17,18). The van der Waals surface area contributed by atoms with Gasteiger partial charge in [0.2, 0.25) is 0 Å². The highest BCUT2D eigenvalue weighted by Gasteiger charge is 2.05. The van der Waals surface area contributed by atoms with Crippen molar-refractivity contribution >= 4 is 5.97 Å². The lowest BCUT2D eigenvalue weighted by Crippen LogP contribution is -2.00. The lowest BCUT2D eigenvalue weighted by molar-refractivity contribution is 0.0696. The number of ether oxygens (including phenoxy) is 1. The predicted octanol–water partition coefficient (Wildman–Crippen LogP) is 1.63. The van der Waals surface area contributed by atoms with Gasteiger partial charge < -0.3 is 9.84 Å². The quantitative estimate of drug-likeness (QED) is 0.891. The molecule has 0 radical (unpaired) electrons. The molecule has 0 amide bonds. The van der Waals surface area contributed by atoms with Crippen molar-refractivity contribution in [2.24, 2.45) is 0 Å². The Labute approximate surface area is 108 Å². The summed E-state index contributed by atoms with van der Waals surface area (Å²) in [5, 5.41) is 17.5. The van der Waals surface area contributed by atoms with Gasteiger partial charge in [-0.1, -0.05) is 0 Å². The van der Waals surface area contributed by atoms with Crippen LogP contribution in [0.2, 0.25) is 0 Å². The first-order valence-electron chi connectivity index (χ1n) is 5.35. The molecule has 2 aromatic rings. The molecule has 1 N–H and O–H groups in total. The zero-order chi connectivity index (χ0) is 13.7. The van der Waals surface area contributed by atoms with E-state index in [0.717, 1.165) is 5.56 Å². The monoisotopic (exact) mass is 255 g/mol. The van der Waals surface area contributed by atoms with Gasteiger partial charge in [-0.15, -0.1) is 0 Å². The molecule has 6 heteroatoms. The third-order valence-electron chi connectivity index (χ3n) is 2.30. The van der Waals surface area contributed by atoms with Gasteiger partial charge in [-0.2, -0.15) is 5.26 Å². The summed E-state index contributed by atoms with van der Waals surface area (Å²) in [6.45, 7) is 0.210. The number of pyridine rings is 2. The Kier molecular flexibility index (Phi) is 3.69. The molecule has 94 valence electrons. The Hall–Kier alpha value is -2.94. The molecule has 0 spiro atoms. The van der Waals surface area contributed by atoms with E-state index in [0.29, 0.717) is 11.4 Å². The highest BCUT2D eigenvalue weighted by atomic mass is 16.5. The van der Waals surface area contributed by atoms with Crippen LogP contribution in [0.1, 0.15) is 21.6 Å². The van der Waals surface area contributed by atoms with E-state index in [2.05, 4.69) is 9.97 Å². The molecule has 0 aliphatic rings. The van der Waals surface area contributed by atoms with E-state index < -0.39 is 5.97 Å². The summed E-state index contributed by atoms with van der Waals surface area (Å²) in [5.74, 6) is -0.705. The zero-order valence-electron chi connectivity index (χ0n) is 9.78. The second kappa shape index (κ2) is 5.60. The molecule has 2 aromatic heterocycles. The maximum absolute atomic E-state index is 10.8. The van der Waals surface area contributed by atoms with Gasteiger partial charge in [-0.25, -0.2) is 9.78 Å². The number of hydrogen-bond acceptors (Lipinski definition) is 5. The maximum atomic E-state index is 10.8. The molecular formula is C13H9N3O3. The van der Waals surface area contributed by atoms with E-state index in [1.54, 1.807) is 12.1 Å². The minimum Gasteiger partial charge on any atom is -0.487 e. The summed E-state index contributed by atoms with van der Waals surface area (Å²) < 4.78 is 5.42. The molecule has 0 atom stereocenters. The largest absolute Gasteiger partial charge is 0.487 e. The molecule has 0 saturated heterocycles. The first-order chi connectivity index (χ1) is 9.19. The predicted molar refractivity (Wildman–Crippen MR) is 64.5 cm³/mol. The number of nitriles is 1. The first kappa shape index (κ1) is 12.5. The highest BCUT2D eigenvalue weighted by molar-refractivity contribution is 5.87. The third-order valence-corrected chi connectivity index (χ3v) is 2.30. The van der Waals surface area contributed by atoms with Crippen LogP contribution < -0.4 is 4.74 Å². The Morgan fingerprint density at radius 1 is 1.42 bits per heavy atom. The van der Waals surface area contributed by atoms with Gasteiger partial charge in [0.15, 0.2) is 0 Å². The van der Waals surface area contributed by atoms with Crippen molar-refractivity contribution in [1.29, 1.82) is 5.26 Å². The van der Waals surface area contributed by atoms with Gasteiger partial charge in [0, 0.05) is 12.4 Å². The summed E-state index contributed by atoms with van der Waals surface area (Å²) in [6, 6.07) is 6.65. The minimum absolute atomic E-state index is 0.0601. The minimum atomic E-state index is -1.06. The number of hydrogen-bond donors (Lipinski definition) is 1. The van der Waals surface area contributed by atoms with Crippen LogP contribution in [0.15, 0.2) is 36.8 Å². The SMILES string of the molecule is N#Cc1cc(COc2cncc(C(=O)O)c2)ccn1. The van der Waals surface area contributed by atoms with Gasteiger partial charge in [-0.05, 0) is 23.8 Å². The summed E-state index contributed by atoms with van der Waals surface area (Å²) >= 11 is 0. The number of carboxylic acid groups (broad SMARTS) is 1. The lowest BCUT2D eigenvalue weighted by Gasteiger charge is -2.06. The van der Waals surface area contributed by atoms with Crippen molar-refractivity contribution in [3.05, 3.63) is 53.6 Å². The Morgan fingerprint density at radius 3 is 3.00 bits per heavy atom. The molecule has 0 aliphatic carbocycles. The Morgan fingerprint density at radius 2 is 2.26 bits per heavy atom. The second-order valence-corrected chi connectivity index (χ2v) is 3.66. The Balaban J connectivity index is 2.08. The molecule has 2 rings (SSSR count). The maximum Gasteiger partial charge on any atom is 0.337 e. The fourth-order valence-electron chi connectivity index (χ4n) is 1.41. The van der Waals surface area contributed by atoms with E-state index >= 15 is 0 Å². The number of carbonyl (C=O) groups is 1. The molecule has 0 saturated carbocycles. The fourth-order valence-corrected chi connectivity index (χ4v) is 1.41. The van der Waals surface area contributed by atoms with Crippen molar-refractivity contribution in [3.8, 4) is 11.8 Å². The van der Waals surface area contributed by atoms with Crippen LogP contribution in [-0.2, 0) is 6.61 Å². The topological polar surface area (TPSA) is 96.1 Å². The van der Waals surface area contributed by atoms with Crippen LogP contribution in [0.3, 0.4) is 0 Å². The van der Waals surface area contributed by atoms with Gasteiger partial charge in [0.25, 0.3) is 0 Å². The molecule has 6 nitrogen and oxygen atoms in total. The van der Waals surface area contributed by atoms with E-state index in [1.807, 2.05) is 6.07 Å². The van der Waals surface area contributed by atoms with Crippen LogP contribution in [0.4, 0.5) is 0 Å². The Bertz CT molecular complexity index is 650. The van der Waals surface area contributed by atoms with Gasteiger partial charge in [0.1, 0.15) is 24.1 Å².